The molecular weight excluding hydrogens is 312 g/mol. The molecule has 2 rings (SSSR count). The predicted octanol–water partition coefficient (Wildman–Crippen LogP) is 1.34. The van der Waals surface area contributed by atoms with Gasteiger partial charge < -0.3 is 15.3 Å². The van der Waals surface area contributed by atoms with E-state index in [2.05, 4.69) is 28.1 Å². The predicted molar refractivity (Wildman–Crippen MR) is 91.4 cm³/mol. The van der Waals surface area contributed by atoms with Crippen LogP contribution in [0.5, 0.6) is 0 Å². The van der Waals surface area contributed by atoms with Crippen molar-refractivity contribution in [2.24, 2.45) is 0 Å². The highest BCUT2D eigenvalue weighted by molar-refractivity contribution is 7.14. The van der Waals surface area contributed by atoms with E-state index in [1.807, 2.05) is 6.92 Å². The molecule has 0 saturated carbocycles. The number of carbonyl (C=O) groups is 1. The number of nitrogens with one attached hydrogen (secondary N) is 1. The minimum absolute atomic E-state index is 0.0528. The number of amides is 1. The number of hydrogen-bond acceptors (Lipinski definition) is 6. The average molecular weight is 336 g/mol. The molecule has 0 bridgehead atoms. The Kier molecular flexibility index (Phi) is 6.54. The lowest BCUT2D eigenvalue weighted by Gasteiger charge is -2.40. The fraction of sp³-hybridized carbons (Fsp3) is 0.625. The molecule has 7 heteroatoms. The Labute approximate surface area is 141 Å². The van der Waals surface area contributed by atoms with Gasteiger partial charge in [0.1, 0.15) is 11.1 Å². The van der Waals surface area contributed by atoms with E-state index in [0.29, 0.717) is 36.1 Å². The van der Waals surface area contributed by atoms with Crippen LogP contribution in [0.2, 0.25) is 0 Å². The summed E-state index contributed by atoms with van der Waals surface area (Å²) in [6.07, 6.45) is 0.112. The molecule has 1 aliphatic heterocycles. The van der Waals surface area contributed by atoms with Gasteiger partial charge in [-0.2, -0.15) is 5.26 Å². The molecule has 1 amide bonds. The molecule has 0 aliphatic carbocycles. The van der Waals surface area contributed by atoms with E-state index < -0.39 is 0 Å². The molecule has 1 aromatic heterocycles. The minimum Gasteiger partial charge on any atom is -0.392 e. The molecule has 1 fully saturated rings. The van der Waals surface area contributed by atoms with E-state index in [1.165, 1.54) is 11.3 Å². The molecule has 0 radical (unpaired) electrons. The number of aliphatic hydroxyl groups excluding tert-OH is 1. The van der Waals surface area contributed by atoms with Crippen LogP contribution < -0.4 is 5.32 Å². The summed E-state index contributed by atoms with van der Waals surface area (Å²) in [5, 5.41) is 23.7. The van der Waals surface area contributed by atoms with Gasteiger partial charge in [-0.1, -0.05) is 0 Å². The summed E-state index contributed by atoms with van der Waals surface area (Å²) < 4.78 is 0. The molecule has 1 saturated heterocycles. The number of nitrogens with zero attached hydrogens (tertiary/aromatic N) is 3. The monoisotopic (exact) mass is 336 g/mol. The van der Waals surface area contributed by atoms with Crippen molar-refractivity contribution in [3.05, 3.63) is 17.0 Å². The molecule has 2 heterocycles. The maximum Gasteiger partial charge on any atom is 0.226 e. The summed E-state index contributed by atoms with van der Waals surface area (Å²) in [6.45, 7) is 8.10. The van der Waals surface area contributed by atoms with Crippen molar-refractivity contribution in [2.75, 3.05) is 38.0 Å². The van der Waals surface area contributed by atoms with Crippen molar-refractivity contribution in [1.82, 2.24) is 9.80 Å². The van der Waals surface area contributed by atoms with Gasteiger partial charge in [-0.15, -0.1) is 11.3 Å². The number of β-amino-alcohol motifs (C(OH)–C–C–N with tert-alkyl or cyclic N) is 1. The number of nitriles is 1. The molecule has 2 atom stereocenters. The normalized spacial score (nSPS) is 20.9. The smallest absolute Gasteiger partial charge is 0.226 e. The lowest BCUT2D eigenvalue weighted by atomic mass is 10.1. The number of piperazine rings is 1. The first-order chi connectivity index (χ1) is 11.0. The minimum atomic E-state index is -0.310. The third-order valence-electron chi connectivity index (χ3n) is 4.04. The topological polar surface area (TPSA) is 79.6 Å². The number of hydrogen-bond donors (Lipinski definition) is 2. The number of aliphatic hydroxyl groups is 1. The second kappa shape index (κ2) is 8.41. The van der Waals surface area contributed by atoms with Crippen LogP contribution in [0.4, 0.5) is 5.00 Å². The third-order valence-corrected chi connectivity index (χ3v) is 4.87. The van der Waals surface area contributed by atoms with E-state index in [9.17, 15) is 9.90 Å². The zero-order chi connectivity index (χ0) is 16.8. The van der Waals surface area contributed by atoms with Crippen LogP contribution in [0.3, 0.4) is 0 Å². The summed E-state index contributed by atoms with van der Waals surface area (Å²) in [5.41, 5.74) is 0.517. The Morgan fingerprint density at radius 2 is 2.39 bits per heavy atom. The molecule has 23 heavy (non-hydrogen) atoms. The van der Waals surface area contributed by atoms with Gasteiger partial charge in [0.05, 0.1) is 11.7 Å². The van der Waals surface area contributed by atoms with Crippen molar-refractivity contribution in [3.8, 4) is 6.07 Å². The molecule has 0 aromatic carbocycles. The maximum absolute atomic E-state index is 12.0. The summed E-state index contributed by atoms with van der Waals surface area (Å²) in [6, 6.07) is 4.16. The van der Waals surface area contributed by atoms with Crippen LogP contribution >= 0.6 is 11.3 Å². The van der Waals surface area contributed by atoms with Crippen LogP contribution in [-0.2, 0) is 4.79 Å². The molecule has 0 spiro atoms. The number of rotatable bonds is 6. The zero-order valence-electron chi connectivity index (χ0n) is 13.7. The van der Waals surface area contributed by atoms with Gasteiger partial charge in [-0.05, 0) is 25.3 Å². The lowest BCUT2D eigenvalue weighted by molar-refractivity contribution is -0.116. The van der Waals surface area contributed by atoms with Crippen LogP contribution in [0.1, 0.15) is 25.8 Å². The van der Waals surface area contributed by atoms with Crippen LogP contribution in [0.15, 0.2) is 11.4 Å². The van der Waals surface area contributed by atoms with Crippen molar-refractivity contribution < 1.29 is 9.90 Å². The largest absolute Gasteiger partial charge is 0.392 e. The van der Waals surface area contributed by atoms with Gasteiger partial charge in [0.25, 0.3) is 0 Å². The van der Waals surface area contributed by atoms with Crippen LogP contribution in [0, 0.1) is 11.3 Å². The van der Waals surface area contributed by atoms with Gasteiger partial charge in [-0.3, -0.25) is 9.69 Å². The first kappa shape index (κ1) is 17.9. The third kappa shape index (κ3) is 5.29. The van der Waals surface area contributed by atoms with Crippen molar-refractivity contribution in [1.29, 1.82) is 5.26 Å². The Morgan fingerprint density at radius 3 is 3.04 bits per heavy atom. The molecule has 1 aromatic rings. The van der Waals surface area contributed by atoms with Crippen molar-refractivity contribution >= 4 is 22.2 Å². The SMILES string of the molecule is C[C@H](O)CN1CCN(CCC(=O)Nc2sccc2C#N)C[C@@H]1C. The van der Waals surface area contributed by atoms with Gasteiger partial charge in [0.2, 0.25) is 5.91 Å². The highest BCUT2D eigenvalue weighted by Crippen LogP contribution is 2.22. The summed E-state index contributed by atoms with van der Waals surface area (Å²) in [4.78, 5) is 16.6. The molecule has 126 valence electrons. The highest BCUT2D eigenvalue weighted by Gasteiger charge is 2.24. The maximum atomic E-state index is 12.0. The summed E-state index contributed by atoms with van der Waals surface area (Å²) in [5.74, 6) is -0.0528. The average Bonchev–Trinajstić information content (AvgIpc) is 2.94. The van der Waals surface area contributed by atoms with Crippen LogP contribution in [-0.4, -0.2) is 65.7 Å². The molecule has 1 aliphatic rings. The van der Waals surface area contributed by atoms with E-state index >= 15 is 0 Å². The van der Waals surface area contributed by atoms with Gasteiger partial charge >= 0.3 is 0 Å². The van der Waals surface area contributed by atoms with Crippen molar-refractivity contribution in [3.63, 3.8) is 0 Å². The first-order valence-corrected chi connectivity index (χ1v) is 8.79. The summed E-state index contributed by atoms with van der Waals surface area (Å²) in [7, 11) is 0. The second-order valence-electron chi connectivity index (χ2n) is 6.07. The van der Waals surface area contributed by atoms with Crippen LogP contribution in [0.25, 0.3) is 0 Å². The van der Waals surface area contributed by atoms with Gasteiger partial charge in [0, 0.05) is 45.2 Å². The standard InChI is InChI=1S/C16H24N4O2S/c1-12-10-19(6-7-20(12)11-13(2)21)5-3-15(22)18-16-14(9-17)4-8-23-16/h4,8,12-13,21H,3,5-7,10-11H2,1-2H3,(H,18,22)/t12-,13-/m0/s1. The molecule has 2 N–H and O–H groups in total. The number of thiophene rings is 1. The summed E-state index contributed by atoms with van der Waals surface area (Å²) >= 11 is 1.37. The molecular formula is C16H24N4O2S. The van der Waals surface area contributed by atoms with Crippen molar-refractivity contribution in [2.45, 2.75) is 32.4 Å². The van der Waals surface area contributed by atoms with E-state index in [-0.39, 0.29) is 12.0 Å². The Balaban J connectivity index is 1.74. The van der Waals surface area contributed by atoms with Gasteiger partial charge in [0.15, 0.2) is 0 Å². The molecule has 6 nitrogen and oxygen atoms in total. The van der Waals surface area contributed by atoms with E-state index in [0.717, 1.165) is 19.6 Å². The molecule has 0 unspecified atom stereocenters. The number of carbonyl (C=O) groups excluding carboxylic acids is 1. The highest BCUT2D eigenvalue weighted by atomic mass is 32.1. The Hall–Kier alpha value is -1.46. The van der Waals surface area contributed by atoms with Gasteiger partial charge in [-0.25, -0.2) is 0 Å². The van der Waals surface area contributed by atoms with E-state index in [4.69, 9.17) is 5.26 Å². The lowest BCUT2D eigenvalue weighted by Crippen LogP contribution is -2.53. The number of anilines is 1. The van der Waals surface area contributed by atoms with E-state index in [1.54, 1.807) is 11.4 Å². The first-order valence-electron chi connectivity index (χ1n) is 7.91. The fourth-order valence-electron chi connectivity index (χ4n) is 2.83. The quantitative estimate of drug-likeness (QED) is 0.819. The Bertz CT molecular complexity index is 567. The zero-order valence-corrected chi connectivity index (χ0v) is 14.5. The Morgan fingerprint density at radius 1 is 1.61 bits per heavy atom. The fourth-order valence-corrected chi connectivity index (χ4v) is 3.58. The second-order valence-corrected chi connectivity index (χ2v) is 6.98.